The highest BCUT2D eigenvalue weighted by atomic mass is 35.5. The number of rotatable bonds is 5. The number of benzene rings is 3. The van der Waals surface area contributed by atoms with E-state index in [9.17, 15) is 0 Å². The summed E-state index contributed by atoms with van der Waals surface area (Å²) in [4.78, 5) is 9.17. The molecule has 4 heteroatoms. The van der Waals surface area contributed by atoms with Crippen LogP contribution in [0.25, 0.3) is 11.3 Å². The Morgan fingerprint density at radius 2 is 1.15 bits per heavy atom. The van der Waals surface area contributed by atoms with Gasteiger partial charge in [0.15, 0.2) is 0 Å². The van der Waals surface area contributed by atoms with Gasteiger partial charge in [0, 0.05) is 36.4 Å². The van der Waals surface area contributed by atoms with E-state index in [0.717, 1.165) is 26.1 Å². The quantitative estimate of drug-likeness (QED) is 0.337. The van der Waals surface area contributed by atoms with Gasteiger partial charge in [0.1, 0.15) is 0 Å². The molecule has 1 aromatic heterocycles. The van der Waals surface area contributed by atoms with Gasteiger partial charge >= 0.3 is 0 Å². The normalized spacial score (nSPS) is 10.7. The molecule has 0 unspecified atom stereocenters. The first kappa shape index (κ1) is 18.2. The molecule has 27 heavy (non-hydrogen) atoms. The Morgan fingerprint density at radius 3 is 1.63 bits per heavy atom. The van der Waals surface area contributed by atoms with Gasteiger partial charge in [0.25, 0.3) is 0 Å². The van der Waals surface area contributed by atoms with Crippen LogP contribution in [0.4, 0.5) is 0 Å². The maximum Gasteiger partial charge on any atom is 0.0724 e. The molecule has 0 amide bonds. The average Bonchev–Trinajstić information content (AvgIpc) is 2.70. The van der Waals surface area contributed by atoms with Crippen LogP contribution in [0, 0.1) is 0 Å². The van der Waals surface area contributed by atoms with Crippen molar-refractivity contribution in [3.8, 4) is 11.3 Å². The van der Waals surface area contributed by atoms with Crippen molar-refractivity contribution in [1.82, 2.24) is 4.98 Å². The van der Waals surface area contributed by atoms with E-state index >= 15 is 0 Å². The summed E-state index contributed by atoms with van der Waals surface area (Å²) >= 11 is 9.92. The second-order valence-corrected chi connectivity index (χ2v) is 8.49. The topological polar surface area (TPSA) is 12.9 Å². The summed E-state index contributed by atoms with van der Waals surface area (Å²) < 4.78 is 0. The molecule has 0 aliphatic heterocycles. The van der Waals surface area contributed by atoms with Crippen LogP contribution >= 0.6 is 35.1 Å². The van der Waals surface area contributed by atoms with Gasteiger partial charge < -0.3 is 0 Å². The van der Waals surface area contributed by atoms with Crippen LogP contribution in [0.15, 0.2) is 117 Å². The van der Waals surface area contributed by atoms with E-state index in [1.807, 2.05) is 72.9 Å². The van der Waals surface area contributed by atoms with Crippen molar-refractivity contribution >= 4 is 35.1 Å². The van der Waals surface area contributed by atoms with Gasteiger partial charge in [-0.1, -0.05) is 77.6 Å². The Kier molecular flexibility index (Phi) is 5.83. The Hall–Kier alpha value is -2.20. The number of halogens is 1. The number of nitrogens with zero attached hydrogens (tertiary/aromatic N) is 1. The van der Waals surface area contributed by atoms with Gasteiger partial charge in [-0.05, 0) is 48.5 Å². The van der Waals surface area contributed by atoms with Gasteiger partial charge in [-0.25, -0.2) is 0 Å². The first-order chi connectivity index (χ1) is 13.3. The molecule has 0 radical (unpaired) electrons. The van der Waals surface area contributed by atoms with E-state index in [2.05, 4.69) is 29.2 Å². The second-order valence-electron chi connectivity index (χ2n) is 5.82. The summed E-state index contributed by atoms with van der Waals surface area (Å²) in [7, 11) is 0. The molecular formula is C23H16ClNS2. The number of aromatic nitrogens is 1. The maximum absolute atomic E-state index is 6.49. The first-order valence-corrected chi connectivity index (χ1v) is 10.5. The van der Waals surface area contributed by atoms with Crippen molar-refractivity contribution in [3.05, 3.63) is 102 Å². The third kappa shape index (κ3) is 4.56. The SMILES string of the molecule is Clc1cc(Sc2ccccc2)c(-c2ccccn2)c(Sc2ccccc2)c1. The molecule has 1 heterocycles. The fourth-order valence-electron chi connectivity index (χ4n) is 2.71. The minimum atomic E-state index is 0.728. The van der Waals surface area contributed by atoms with E-state index in [-0.39, 0.29) is 0 Å². The maximum atomic E-state index is 6.49. The number of hydrogen-bond acceptors (Lipinski definition) is 3. The van der Waals surface area contributed by atoms with Crippen LogP contribution < -0.4 is 0 Å². The number of hydrogen-bond donors (Lipinski definition) is 0. The molecule has 4 aromatic rings. The van der Waals surface area contributed by atoms with Gasteiger partial charge in [-0.2, -0.15) is 0 Å². The highest BCUT2D eigenvalue weighted by Crippen LogP contribution is 2.44. The fraction of sp³-hybridized carbons (Fsp3) is 0. The molecule has 0 N–H and O–H groups in total. The van der Waals surface area contributed by atoms with Crippen LogP contribution in [0.1, 0.15) is 0 Å². The van der Waals surface area contributed by atoms with E-state index < -0.39 is 0 Å². The zero-order valence-corrected chi connectivity index (χ0v) is 16.8. The monoisotopic (exact) mass is 405 g/mol. The molecule has 3 aromatic carbocycles. The minimum Gasteiger partial charge on any atom is -0.256 e. The Morgan fingerprint density at radius 1 is 0.630 bits per heavy atom. The van der Waals surface area contributed by atoms with Crippen molar-refractivity contribution in [3.63, 3.8) is 0 Å². The fourth-order valence-corrected chi connectivity index (χ4v) is 5.22. The van der Waals surface area contributed by atoms with Crippen molar-refractivity contribution in [2.45, 2.75) is 19.6 Å². The van der Waals surface area contributed by atoms with Crippen molar-refractivity contribution in [2.24, 2.45) is 0 Å². The summed E-state index contributed by atoms with van der Waals surface area (Å²) in [5.74, 6) is 0. The molecule has 132 valence electrons. The van der Waals surface area contributed by atoms with Gasteiger partial charge in [-0.3, -0.25) is 4.98 Å². The molecule has 1 nitrogen and oxygen atoms in total. The smallest absolute Gasteiger partial charge is 0.0724 e. The first-order valence-electron chi connectivity index (χ1n) is 8.50. The summed E-state index contributed by atoms with van der Waals surface area (Å²) in [5.41, 5.74) is 2.06. The Bertz CT molecular complexity index is 959. The third-order valence-electron chi connectivity index (χ3n) is 3.89. The van der Waals surface area contributed by atoms with Crippen LogP contribution in [-0.2, 0) is 0 Å². The summed E-state index contributed by atoms with van der Waals surface area (Å²) in [6, 6.07) is 30.7. The third-order valence-corrected chi connectivity index (χ3v) is 6.21. The molecule has 0 aliphatic carbocycles. The van der Waals surface area contributed by atoms with Crippen molar-refractivity contribution in [2.75, 3.05) is 0 Å². The van der Waals surface area contributed by atoms with Crippen LogP contribution in [-0.4, -0.2) is 4.98 Å². The predicted molar refractivity (Wildman–Crippen MR) is 116 cm³/mol. The summed E-state index contributed by atoms with van der Waals surface area (Å²) in [6.07, 6.45) is 1.83. The molecule has 0 fully saturated rings. The molecule has 0 atom stereocenters. The summed E-state index contributed by atoms with van der Waals surface area (Å²) in [5, 5.41) is 0.728. The minimum absolute atomic E-state index is 0.728. The predicted octanol–water partition coefficient (Wildman–Crippen LogP) is 7.70. The lowest BCUT2D eigenvalue weighted by Crippen LogP contribution is -1.90. The largest absolute Gasteiger partial charge is 0.256 e. The van der Waals surface area contributed by atoms with Crippen LogP contribution in [0.2, 0.25) is 5.02 Å². The lowest BCUT2D eigenvalue weighted by atomic mass is 10.1. The lowest BCUT2D eigenvalue weighted by molar-refractivity contribution is 1.24. The van der Waals surface area contributed by atoms with Gasteiger partial charge in [-0.15, -0.1) is 0 Å². The standard InChI is InChI=1S/C23H16ClNS2/c24-17-15-21(26-18-9-3-1-4-10-18)23(20-13-7-8-14-25-20)22(16-17)27-19-11-5-2-6-12-19/h1-16H. The zero-order chi connectivity index (χ0) is 18.5. The highest BCUT2D eigenvalue weighted by molar-refractivity contribution is 8.00. The second kappa shape index (κ2) is 8.66. The van der Waals surface area contributed by atoms with Crippen LogP contribution in [0.5, 0.6) is 0 Å². The van der Waals surface area contributed by atoms with E-state index in [4.69, 9.17) is 11.6 Å². The van der Waals surface area contributed by atoms with Gasteiger partial charge in [0.2, 0.25) is 0 Å². The molecule has 4 rings (SSSR count). The van der Waals surface area contributed by atoms with Crippen molar-refractivity contribution in [1.29, 1.82) is 0 Å². The molecular weight excluding hydrogens is 390 g/mol. The van der Waals surface area contributed by atoms with Gasteiger partial charge in [0.05, 0.1) is 5.69 Å². The number of pyridine rings is 1. The Labute approximate surface area is 172 Å². The van der Waals surface area contributed by atoms with E-state index in [0.29, 0.717) is 0 Å². The zero-order valence-electron chi connectivity index (χ0n) is 14.4. The lowest BCUT2D eigenvalue weighted by Gasteiger charge is -2.15. The van der Waals surface area contributed by atoms with E-state index in [1.54, 1.807) is 23.5 Å². The van der Waals surface area contributed by atoms with Crippen molar-refractivity contribution < 1.29 is 0 Å². The molecule has 0 bridgehead atoms. The molecule has 0 saturated heterocycles. The highest BCUT2D eigenvalue weighted by Gasteiger charge is 2.16. The summed E-state index contributed by atoms with van der Waals surface area (Å²) in [6.45, 7) is 0. The molecule has 0 spiro atoms. The van der Waals surface area contributed by atoms with E-state index in [1.165, 1.54) is 9.79 Å². The van der Waals surface area contributed by atoms with Crippen LogP contribution in [0.3, 0.4) is 0 Å². The Balaban J connectivity index is 1.84. The average molecular weight is 406 g/mol. The molecule has 0 saturated carbocycles. The molecule has 0 aliphatic rings.